The minimum atomic E-state index is -0.189. The van der Waals surface area contributed by atoms with Crippen molar-refractivity contribution in [2.24, 2.45) is 5.10 Å². The van der Waals surface area contributed by atoms with E-state index in [4.69, 9.17) is 4.42 Å². The van der Waals surface area contributed by atoms with Gasteiger partial charge in [0.1, 0.15) is 11.6 Å². The molecule has 0 fully saturated rings. The number of aromatic nitrogens is 2. The van der Waals surface area contributed by atoms with Crippen molar-refractivity contribution < 1.29 is 4.42 Å². The number of rotatable bonds is 2. The van der Waals surface area contributed by atoms with E-state index in [9.17, 15) is 4.79 Å². The molecule has 0 amide bonds. The van der Waals surface area contributed by atoms with Gasteiger partial charge in [0.25, 0.3) is 5.56 Å². The summed E-state index contributed by atoms with van der Waals surface area (Å²) in [6, 6.07) is 10.7. The van der Waals surface area contributed by atoms with Crippen LogP contribution in [0.4, 0.5) is 0 Å². The fraction of sp³-hybridized carbons (Fsp3) is 0.0714. The van der Waals surface area contributed by atoms with Gasteiger partial charge in [-0.2, -0.15) is 9.78 Å². The van der Waals surface area contributed by atoms with E-state index in [1.165, 1.54) is 10.9 Å². The zero-order valence-corrected chi connectivity index (χ0v) is 10.3. The summed E-state index contributed by atoms with van der Waals surface area (Å²) in [7, 11) is 0. The molecule has 19 heavy (non-hydrogen) atoms. The average Bonchev–Trinajstić information content (AvgIpc) is 2.92. The minimum absolute atomic E-state index is 0.189. The second-order valence-electron chi connectivity index (χ2n) is 4.05. The Morgan fingerprint density at radius 1 is 1.26 bits per heavy atom. The van der Waals surface area contributed by atoms with Crippen LogP contribution in [-0.2, 0) is 0 Å². The molecule has 0 saturated heterocycles. The van der Waals surface area contributed by atoms with Crippen LogP contribution in [0, 0.1) is 6.92 Å². The van der Waals surface area contributed by atoms with Crippen LogP contribution in [0.3, 0.4) is 0 Å². The van der Waals surface area contributed by atoms with E-state index in [2.05, 4.69) is 10.1 Å². The highest BCUT2D eigenvalue weighted by Gasteiger charge is 2.06. The van der Waals surface area contributed by atoms with E-state index in [-0.39, 0.29) is 5.56 Å². The van der Waals surface area contributed by atoms with Crippen molar-refractivity contribution in [3.05, 3.63) is 64.6 Å². The molecule has 94 valence electrons. The molecule has 0 N–H and O–H groups in total. The molecule has 0 aliphatic rings. The average molecular weight is 253 g/mol. The summed E-state index contributed by atoms with van der Waals surface area (Å²) in [5, 5.41) is 4.67. The van der Waals surface area contributed by atoms with Gasteiger partial charge in [0.15, 0.2) is 0 Å². The molecular formula is C14H11N3O2. The van der Waals surface area contributed by atoms with Gasteiger partial charge in [-0.3, -0.25) is 4.79 Å². The lowest BCUT2D eigenvalue weighted by molar-refractivity contribution is 0.559. The molecule has 3 aromatic rings. The molecule has 1 aromatic carbocycles. The maximum Gasteiger partial charge on any atom is 0.282 e. The second-order valence-corrected chi connectivity index (χ2v) is 4.05. The van der Waals surface area contributed by atoms with Gasteiger partial charge < -0.3 is 4.42 Å². The van der Waals surface area contributed by atoms with Gasteiger partial charge in [0.2, 0.25) is 0 Å². The van der Waals surface area contributed by atoms with Gasteiger partial charge in [-0.05, 0) is 31.2 Å². The summed E-state index contributed by atoms with van der Waals surface area (Å²) >= 11 is 0. The number of hydrogen-bond acceptors (Lipinski definition) is 4. The number of nitrogens with zero attached hydrogens (tertiary/aromatic N) is 3. The predicted octanol–water partition coefficient (Wildman–Crippen LogP) is 2.18. The van der Waals surface area contributed by atoms with Crippen molar-refractivity contribution in [2.45, 2.75) is 6.92 Å². The van der Waals surface area contributed by atoms with E-state index in [0.29, 0.717) is 22.5 Å². The molecule has 0 radical (unpaired) electrons. The van der Waals surface area contributed by atoms with E-state index in [1.807, 2.05) is 12.1 Å². The highest BCUT2D eigenvalue weighted by atomic mass is 16.3. The van der Waals surface area contributed by atoms with Gasteiger partial charge in [-0.15, -0.1) is 0 Å². The Labute approximate surface area is 108 Å². The fourth-order valence-electron chi connectivity index (χ4n) is 1.85. The Morgan fingerprint density at radius 2 is 2.11 bits per heavy atom. The molecule has 0 spiro atoms. The molecule has 2 heterocycles. The lowest BCUT2D eigenvalue weighted by Crippen LogP contribution is -2.20. The van der Waals surface area contributed by atoms with Crippen molar-refractivity contribution in [2.75, 3.05) is 0 Å². The summed E-state index contributed by atoms with van der Waals surface area (Å²) in [4.78, 5) is 16.6. The zero-order valence-electron chi connectivity index (χ0n) is 10.3. The first-order valence-corrected chi connectivity index (χ1v) is 5.82. The predicted molar refractivity (Wildman–Crippen MR) is 72.4 cm³/mol. The maximum atomic E-state index is 12.3. The maximum absolute atomic E-state index is 12.3. The number of aryl methyl sites for hydroxylation is 1. The van der Waals surface area contributed by atoms with Crippen molar-refractivity contribution in [1.29, 1.82) is 0 Å². The number of benzene rings is 1. The third kappa shape index (κ3) is 2.06. The summed E-state index contributed by atoms with van der Waals surface area (Å²) in [6.45, 7) is 1.74. The monoisotopic (exact) mass is 253 g/mol. The van der Waals surface area contributed by atoms with E-state index in [0.717, 1.165) is 0 Å². The Kier molecular flexibility index (Phi) is 2.72. The summed E-state index contributed by atoms with van der Waals surface area (Å²) in [5.41, 5.74) is 0.486. The van der Waals surface area contributed by atoms with Gasteiger partial charge >= 0.3 is 0 Å². The van der Waals surface area contributed by atoms with E-state index in [1.54, 1.807) is 37.5 Å². The molecule has 0 aliphatic heterocycles. The number of fused-ring (bicyclic) bond motifs is 1. The molecule has 2 aromatic heterocycles. The fourth-order valence-corrected chi connectivity index (χ4v) is 1.85. The number of furan rings is 1. The van der Waals surface area contributed by atoms with Crippen LogP contribution >= 0.6 is 0 Å². The molecule has 0 aliphatic carbocycles. The van der Waals surface area contributed by atoms with Gasteiger partial charge in [-0.1, -0.05) is 12.1 Å². The smallest absolute Gasteiger partial charge is 0.282 e. The van der Waals surface area contributed by atoms with Gasteiger partial charge in [0, 0.05) is 0 Å². The molecule has 5 heteroatoms. The normalized spacial score (nSPS) is 11.4. The van der Waals surface area contributed by atoms with Crippen LogP contribution < -0.4 is 5.56 Å². The van der Waals surface area contributed by atoms with Crippen LogP contribution in [0.1, 0.15) is 11.6 Å². The first kappa shape index (κ1) is 11.4. The first-order chi connectivity index (χ1) is 9.25. The van der Waals surface area contributed by atoms with Crippen LogP contribution in [0.5, 0.6) is 0 Å². The SMILES string of the molecule is Cc1nc2ccccc2c(=O)n1/N=C/c1ccco1. The zero-order chi connectivity index (χ0) is 13.2. The molecule has 0 atom stereocenters. The van der Waals surface area contributed by atoms with Gasteiger partial charge in [0.05, 0.1) is 23.4 Å². The van der Waals surface area contributed by atoms with Crippen LogP contribution in [-0.4, -0.2) is 15.9 Å². The molecule has 5 nitrogen and oxygen atoms in total. The first-order valence-electron chi connectivity index (χ1n) is 5.82. The lowest BCUT2D eigenvalue weighted by Gasteiger charge is -2.04. The highest BCUT2D eigenvalue weighted by molar-refractivity contribution is 5.78. The standard InChI is InChI=1S/C14H11N3O2/c1-10-16-13-7-3-2-6-12(13)14(18)17(10)15-9-11-5-4-8-19-11/h2-9H,1H3/b15-9+. The van der Waals surface area contributed by atoms with Crippen LogP contribution in [0.15, 0.2) is 57.0 Å². The Hall–Kier alpha value is -2.69. The largest absolute Gasteiger partial charge is 0.463 e. The van der Waals surface area contributed by atoms with Crippen molar-refractivity contribution in [1.82, 2.24) is 9.66 Å². The van der Waals surface area contributed by atoms with Crippen molar-refractivity contribution in [3.63, 3.8) is 0 Å². The van der Waals surface area contributed by atoms with Crippen LogP contribution in [0.2, 0.25) is 0 Å². The molecular weight excluding hydrogens is 242 g/mol. The summed E-state index contributed by atoms with van der Waals surface area (Å²) < 4.78 is 6.41. The Bertz CT molecular complexity index is 801. The third-order valence-corrected chi connectivity index (χ3v) is 2.76. The highest BCUT2D eigenvalue weighted by Crippen LogP contribution is 2.07. The quantitative estimate of drug-likeness (QED) is 0.658. The van der Waals surface area contributed by atoms with Crippen molar-refractivity contribution >= 4 is 17.1 Å². The summed E-state index contributed by atoms with van der Waals surface area (Å²) in [5.74, 6) is 1.12. The topological polar surface area (TPSA) is 60.4 Å². The van der Waals surface area contributed by atoms with Gasteiger partial charge in [-0.25, -0.2) is 4.98 Å². The minimum Gasteiger partial charge on any atom is -0.463 e. The Morgan fingerprint density at radius 3 is 2.89 bits per heavy atom. The number of hydrogen-bond donors (Lipinski definition) is 0. The molecule has 0 bridgehead atoms. The number of para-hydroxylation sites is 1. The molecule has 0 saturated carbocycles. The molecule has 0 unspecified atom stereocenters. The third-order valence-electron chi connectivity index (χ3n) is 2.76. The molecule has 3 rings (SSSR count). The van der Waals surface area contributed by atoms with Crippen molar-refractivity contribution in [3.8, 4) is 0 Å². The summed E-state index contributed by atoms with van der Waals surface area (Å²) in [6.07, 6.45) is 3.04. The van der Waals surface area contributed by atoms with Crippen LogP contribution in [0.25, 0.3) is 10.9 Å². The van der Waals surface area contributed by atoms with E-state index < -0.39 is 0 Å². The second kappa shape index (κ2) is 4.53. The lowest BCUT2D eigenvalue weighted by atomic mass is 10.2. The Balaban J connectivity index is 2.16. The van der Waals surface area contributed by atoms with E-state index >= 15 is 0 Å².